The predicted octanol–water partition coefficient (Wildman–Crippen LogP) is 3.44. The lowest BCUT2D eigenvalue weighted by Gasteiger charge is -2.43. The van der Waals surface area contributed by atoms with Crippen molar-refractivity contribution in [3.05, 3.63) is 0 Å². The summed E-state index contributed by atoms with van der Waals surface area (Å²) in [5.74, 6) is 0.495. The first-order valence-electron chi connectivity index (χ1n) is 7.93. The highest BCUT2D eigenvalue weighted by Crippen LogP contribution is 2.39. The highest BCUT2D eigenvalue weighted by molar-refractivity contribution is 4.90. The molecule has 0 amide bonds. The average molecular weight is 253 g/mol. The second-order valence-electron chi connectivity index (χ2n) is 7.28. The maximum absolute atomic E-state index is 10.6. The molecular formula is C16H31NO. The molecule has 2 nitrogen and oxygen atoms in total. The Balaban J connectivity index is 1.95. The molecule has 1 N–H and O–H groups in total. The number of nitrogens with zero attached hydrogens (tertiary/aromatic N) is 1. The minimum absolute atomic E-state index is 0.110. The summed E-state index contributed by atoms with van der Waals surface area (Å²) in [6.07, 6.45) is 9.03. The maximum atomic E-state index is 10.6. The molecule has 0 spiro atoms. The summed E-state index contributed by atoms with van der Waals surface area (Å²) in [5, 5.41) is 10.6. The Morgan fingerprint density at radius 1 is 1.11 bits per heavy atom. The summed E-state index contributed by atoms with van der Waals surface area (Å²) in [6.45, 7) is 9.19. The Bertz CT molecular complexity index is 264. The molecule has 1 heterocycles. The summed E-state index contributed by atoms with van der Waals surface area (Å²) in [6, 6.07) is 0.713. The number of hydrogen-bond acceptors (Lipinski definition) is 2. The molecule has 106 valence electrons. The number of aliphatic hydroxyl groups excluding tert-OH is 1. The molecule has 1 aliphatic carbocycles. The molecule has 3 unspecified atom stereocenters. The van der Waals surface area contributed by atoms with E-state index in [4.69, 9.17) is 0 Å². The monoisotopic (exact) mass is 253 g/mol. The number of rotatable bonds is 2. The molecule has 2 rings (SSSR count). The van der Waals surface area contributed by atoms with Gasteiger partial charge < -0.3 is 10.0 Å². The molecule has 0 bridgehead atoms. The van der Waals surface area contributed by atoms with E-state index < -0.39 is 0 Å². The van der Waals surface area contributed by atoms with Gasteiger partial charge in [-0.3, -0.25) is 0 Å². The lowest BCUT2D eigenvalue weighted by Crippen LogP contribution is -2.46. The Labute approximate surface area is 113 Å². The molecule has 0 aromatic rings. The number of likely N-dealkylation sites (tertiary alicyclic amines) is 1. The summed E-state index contributed by atoms with van der Waals surface area (Å²) in [7, 11) is 0. The molecule has 1 aliphatic heterocycles. The predicted molar refractivity (Wildman–Crippen MR) is 76.6 cm³/mol. The van der Waals surface area contributed by atoms with E-state index in [1.165, 1.54) is 51.5 Å². The zero-order chi connectivity index (χ0) is 13.2. The molecule has 0 aromatic carbocycles. The van der Waals surface area contributed by atoms with Gasteiger partial charge in [0.1, 0.15) is 0 Å². The van der Waals surface area contributed by atoms with Crippen LogP contribution in [0.2, 0.25) is 0 Å². The van der Waals surface area contributed by atoms with Crippen molar-refractivity contribution in [2.45, 2.75) is 77.9 Å². The summed E-state index contributed by atoms with van der Waals surface area (Å²) in [4.78, 5) is 2.64. The Kier molecular flexibility index (Phi) is 4.71. The molecule has 18 heavy (non-hydrogen) atoms. The van der Waals surface area contributed by atoms with Crippen molar-refractivity contribution in [1.29, 1.82) is 0 Å². The Morgan fingerprint density at radius 2 is 1.89 bits per heavy atom. The molecular weight excluding hydrogens is 222 g/mol. The molecule has 0 radical (unpaired) electrons. The van der Waals surface area contributed by atoms with Gasteiger partial charge in [-0.1, -0.05) is 33.1 Å². The number of aliphatic hydroxyl groups is 1. The van der Waals surface area contributed by atoms with Crippen LogP contribution >= 0.6 is 0 Å². The van der Waals surface area contributed by atoms with Crippen LogP contribution in [0.4, 0.5) is 0 Å². The van der Waals surface area contributed by atoms with E-state index in [2.05, 4.69) is 25.7 Å². The minimum atomic E-state index is -0.110. The average Bonchev–Trinajstić information content (AvgIpc) is 2.51. The van der Waals surface area contributed by atoms with Crippen molar-refractivity contribution in [2.24, 2.45) is 11.3 Å². The zero-order valence-corrected chi connectivity index (χ0v) is 12.5. The first-order valence-corrected chi connectivity index (χ1v) is 7.93. The Morgan fingerprint density at radius 3 is 2.67 bits per heavy atom. The van der Waals surface area contributed by atoms with Gasteiger partial charge in [-0.15, -0.1) is 0 Å². The van der Waals surface area contributed by atoms with Gasteiger partial charge in [0.25, 0.3) is 0 Å². The van der Waals surface area contributed by atoms with Crippen molar-refractivity contribution in [3.63, 3.8) is 0 Å². The van der Waals surface area contributed by atoms with Crippen molar-refractivity contribution in [2.75, 3.05) is 13.1 Å². The van der Waals surface area contributed by atoms with Gasteiger partial charge in [0, 0.05) is 12.6 Å². The Hall–Kier alpha value is -0.0800. The second kappa shape index (κ2) is 5.92. The molecule has 2 aliphatic rings. The van der Waals surface area contributed by atoms with E-state index in [0.717, 1.165) is 6.54 Å². The fourth-order valence-electron chi connectivity index (χ4n) is 3.86. The quantitative estimate of drug-likeness (QED) is 0.815. The molecule has 1 saturated heterocycles. The van der Waals surface area contributed by atoms with Crippen LogP contribution in [-0.2, 0) is 0 Å². The van der Waals surface area contributed by atoms with E-state index in [1.807, 2.05) is 0 Å². The van der Waals surface area contributed by atoms with E-state index >= 15 is 0 Å². The van der Waals surface area contributed by atoms with Gasteiger partial charge in [0.2, 0.25) is 0 Å². The largest absolute Gasteiger partial charge is 0.392 e. The fourth-order valence-corrected chi connectivity index (χ4v) is 3.86. The van der Waals surface area contributed by atoms with Crippen molar-refractivity contribution in [3.8, 4) is 0 Å². The zero-order valence-electron chi connectivity index (χ0n) is 12.5. The highest BCUT2D eigenvalue weighted by Gasteiger charge is 2.38. The lowest BCUT2D eigenvalue weighted by atomic mass is 9.69. The van der Waals surface area contributed by atoms with Gasteiger partial charge in [-0.2, -0.15) is 0 Å². The first kappa shape index (κ1) is 14.3. The summed E-state index contributed by atoms with van der Waals surface area (Å²) >= 11 is 0. The van der Waals surface area contributed by atoms with Crippen LogP contribution < -0.4 is 0 Å². The van der Waals surface area contributed by atoms with Crippen LogP contribution in [0, 0.1) is 11.3 Å². The number of hydrogen-bond donors (Lipinski definition) is 1. The second-order valence-corrected chi connectivity index (χ2v) is 7.28. The normalized spacial score (nSPS) is 38.3. The third kappa shape index (κ3) is 3.27. The first-order chi connectivity index (χ1) is 8.50. The smallest absolute Gasteiger partial charge is 0.0631 e. The van der Waals surface area contributed by atoms with Gasteiger partial charge in [-0.05, 0) is 50.5 Å². The van der Waals surface area contributed by atoms with E-state index in [9.17, 15) is 5.11 Å². The van der Waals surface area contributed by atoms with Crippen LogP contribution in [0.1, 0.15) is 65.7 Å². The van der Waals surface area contributed by atoms with Gasteiger partial charge >= 0.3 is 0 Å². The molecule has 3 atom stereocenters. The van der Waals surface area contributed by atoms with E-state index in [1.54, 1.807) is 0 Å². The molecule has 2 fully saturated rings. The lowest BCUT2D eigenvalue weighted by molar-refractivity contribution is -0.0459. The van der Waals surface area contributed by atoms with Gasteiger partial charge in [0.05, 0.1) is 6.10 Å². The molecule has 0 aromatic heterocycles. The SMILES string of the molecule is CC1CCCCCN1CC1CCCC(C)(C)C1O. The summed E-state index contributed by atoms with van der Waals surface area (Å²) in [5.41, 5.74) is 0.123. The van der Waals surface area contributed by atoms with Crippen LogP contribution in [0.3, 0.4) is 0 Å². The van der Waals surface area contributed by atoms with Crippen LogP contribution in [0.5, 0.6) is 0 Å². The van der Waals surface area contributed by atoms with Crippen LogP contribution in [0.25, 0.3) is 0 Å². The van der Waals surface area contributed by atoms with Crippen molar-refractivity contribution in [1.82, 2.24) is 4.90 Å². The third-order valence-corrected chi connectivity index (χ3v) is 5.30. The molecule has 1 saturated carbocycles. The fraction of sp³-hybridized carbons (Fsp3) is 1.00. The topological polar surface area (TPSA) is 23.5 Å². The van der Waals surface area contributed by atoms with Gasteiger partial charge in [-0.25, -0.2) is 0 Å². The highest BCUT2D eigenvalue weighted by atomic mass is 16.3. The van der Waals surface area contributed by atoms with Crippen molar-refractivity contribution >= 4 is 0 Å². The van der Waals surface area contributed by atoms with E-state index in [0.29, 0.717) is 12.0 Å². The standard InChI is InChI=1S/C16H31NO/c1-13-8-5-4-6-11-17(13)12-14-9-7-10-16(2,3)15(14)18/h13-15,18H,4-12H2,1-3H3. The third-order valence-electron chi connectivity index (χ3n) is 5.30. The van der Waals surface area contributed by atoms with Crippen LogP contribution in [0.15, 0.2) is 0 Å². The van der Waals surface area contributed by atoms with Crippen molar-refractivity contribution < 1.29 is 5.11 Å². The van der Waals surface area contributed by atoms with Crippen LogP contribution in [-0.4, -0.2) is 35.2 Å². The minimum Gasteiger partial charge on any atom is -0.392 e. The molecule has 2 heteroatoms. The maximum Gasteiger partial charge on any atom is 0.0631 e. The van der Waals surface area contributed by atoms with E-state index in [-0.39, 0.29) is 11.5 Å². The summed E-state index contributed by atoms with van der Waals surface area (Å²) < 4.78 is 0. The van der Waals surface area contributed by atoms with Gasteiger partial charge in [0.15, 0.2) is 0 Å².